The molecule has 0 aliphatic heterocycles. The summed E-state index contributed by atoms with van der Waals surface area (Å²) in [6.45, 7) is 2.09. The zero-order valence-electron chi connectivity index (χ0n) is 10.5. The van der Waals surface area contributed by atoms with Gasteiger partial charge in [0, 0.05) is 16.6 Å². The molecule has 90 valence electrons. The van der Waals surface area contributed by atoms with Crippen molar-refractivity contribution in [2.75, 3.05) is 7.11 Å². The number of hydrogen-bond donors (Lipinski definition) is 1. The Morgan fingerprint density at radius 1 is 1.00 bits per heavy atom. The Kier molecular flexibility index (Phi) is 2.56. The number of aromatic amines is 1. The van der Waals surface area contributed by atoms with Gasteiger partial charge < -0.3 is 9.72 Å². The molecule has 2 nitrogen and oxygen atoms in total. The second-order valence-corrected chi connectivity index (χ2v) is 4.46. The van der Waals surface area contributed by atoms with Crippen molar-refractivity contribution in [2.24, 2.45) is 0 Å². The normalized spacial score (nSPS) is 10.8. The summed E-state index contributed by atoms with van der Waals surface area (Å²) in [6, 6.07) is 16.6. The van der Waals surface area contributed by atoms with Gasteiger partial charge in [-0.05, 0) is 36.2 Å². The fraction of sp³-hybridized carbons (Fsp3) is 0.125. The van der Waals surface area contributed by atoms with Crippen LogP contribution in [0.15, 0.2) is 48.5 Å². The molecule has 1 N–H and O–H groups in total. The van der Waals surface area contributed by atoms with Crippen molar-refractivity contribution in [3.05, 3.63) is 54.1 Å². The third-order valence-corrected chi connectivity index (χ3v) is 3.22. The molecule has 0 spiro atoms. The molecule has 18 heavy (non-hydrogen) atoms. The Hall–Kier alpha value is -2.22. The number of fused-ring (bicyclic) bond motifs is 1. The summed E-state index contributed by atoms with van der Waals surface area (Å²) in [4.78, 5) is 3.48. The summed E-state index contributed by atoms with van der Waals surface area (Å²) in [7, 11) is 1.70. The smallest absolute Gasteiger partial charge is 0.119 e. The van der Waals surface area contributed by atoms with Crippen LogP contribution >= 0.6 is 0 Å². The first-order valence-corrected chi connectivity index (χ1v) is 6.01. The monoisotopic (exact) mass is 237 g/mol. The van der Waals surface area contributed by atoms with Gasteiger partial charge in [0.05, 0.1) is 7.11 Å². The number of aryl methyl sites for hydroxylation is 1. The number of hydrogen-bond acceptors (Lipinski definition) is 1. The van der Waals surface area contributed by atoms with Gasteiger partial charge in [-0.3, -0.25) is 0 Å². The highest BCUT2D eigenvalue weighted by atomic mass is 16.5. The molecule has 2 heteroatoms. The highest BCUT2D eigenvalue weighted by molar-refractivity contribution is 5.89. The first-order chi connectivity index (χ1) is 8.78. The summed E-state index contributed by atoms with van der Waals surface area (Å²) >= 11 is 0. The number of nitrogens with one attached hydrogen (secondary N) is 1. The minimum absolute atomic E-state index is 0.901. The minimum Gasteiger partial charge on any atom is -0.497 e. The van der Waals surface area contributed by atoms with Crippen LogP contribution in [0.2, 0.25) is 0 Å². The van der Waals surface area contributed by atoms with Crippen LogP contribution in [-0.4, -0.2) is 12.1 Å². The van der Waals surface area contributed by atoms with E-state index < -0.39 is 0 Å². The molecule has 3 rings (SSSR count). The Balaban J connectivity index is 2.20. The van der Waals surface area contributed by atoms with Crippen molar-refractivity contribution in [3.63, 3.8) is 0 Å². The number of ether oxygens (including phenoxy) is 1. The lowest BCUT2D eigenvalue weighted by atomic mass is 10.1. The van der Waals surface area contributed by atoms with Crippen LogP contribution in [0, 0.1) is 6.92 Å². The van der Waals surface area contributed by atoms with Crippen LogP contribution in [0.4, 0.5) is 0 Å². The van der Waals surface area contributed by atoms with Crippen molar-refractivity contribution in [1.29, 1.82) is 0 Å². The van der Waals surface area contributed by atoms with Crippen LogP contribution in [0.25, 0.3) is 22.2 Å². The van der Waals surface area contributed by atoms with Gasteiger partial charge in [-0.15, -0.1) is 0 Å². The number of H-pyrrole nitrogens is 1. The van der Waals surface area contributed by atoms with Gasteiger partial charge in [-0.25, -0.2) is 0 Å². The molecule has 2 aromatic carbocycles. The number of methoxy groups -OCH3 is 1. The largest absolute Gasteiger partial charge is 0.497 e. The quantitative estimate of drug-likeness (QED) is 0.711. The lowest BCUT2D eigenvalue weighted by Gasteiger charge is -2.02. The average Bonchev–Trinajstić information content (AvgIpc) is 2.84. The topological polar surface area (TPSA) is 25.0 Å². The molecule has 0 saturated carbocycles. The number of benzene rings is 2. The standard InChI is InChI=1S/C16H15NO/c1-11-8-14(18-2)9-13-10-15(17-16(11)13)12-6-4-3-5-7-12/h3-10,17H,1-2H3. The predicted molar refractivity (Wildman–Crippen MR) is 75.0 cm³/mol. The van der Waals surface area contributed by atoms with Gasteiger partial charge in [0.2, 0.25) is 0 Å². The molecule has 0 aliphatic carbocycles. The van der Waals surface area contributed by atoms with E-state index in [9.17, 15) is 0 Å². The molecular formula is C16H15NO. The van der Waals surface area contributed by atoms with E-state index in [1.165, 1.54) is 22.0 Å². The number of rotatable bonds is 2. The lowest BCUT2D eigenvalue weighted by molar-refractivity contribution is 0.415. The Bertz CT molecular complexity index is 683. The first-order valence-electron chi connectivity index (χ1n) is 6.01. The summed E-state index contributed by atoms with van der Waals surface area (Å²) < 4.78 is 5.30. The van der Waals surface area contributed by atoms with E-state index >= 15 is 0 Å². The highest BCUT2D eigenvalue weighted by Crippen LogP contribution is 2.29. The molecule has 0 radical (unpaired) electrons. The predicted octanol–water partition coefficient (Wildman–Crippen LogP) is 4.15. The maximum atomic E-state index is 5.30. The summed E-state index contributed by atoms with van der Waals surface area (Å²) in [6.07, 6.45) is 0. The molecule has 0 atom stereocenters. The minimum atomic E-state index is 0.901. The van der Waals surface area contributed by atoms with Crippen molar-refractivity contribution >= 4 is 10.9 Å². The zero-order valence-corrected chi connectivity index (χ0v) is 10.5. The first kappa shape index (κ1) is 10.9. The second kappa shape index (κ2) is 4.22. The third-order valence-electron chi connectivity index (χ3n) is 3.22. The lowest BCUT2D eigenvalue weighted by Crippen LogP contribution is -1.84. The van der Waals surface area contributed by atoms with Gasteiger partial charge >= 0.3 is 0 Å². The van der Waals surface area contributed by atoms with E-state index in [-0.39, 0.29) is 0 Å². The fourth-order valence-electron chi connectivity index (χ4n) is 2.28. The van der Waals surface area contributed by atoms with Gasteiger partial charge in [0.1, 0.15) is 5.75 Å². The second-order valence-electron chi connectivity index (χ2n) is 4.46. The van der Waals surface area contributed by atoms with Crippen LogP contribution in [-0.2, 0) is 0 Å². The van der Waals surface area contributed by atoms with Crippen LogP contribution < -0.4 is 4.74 Å². The van der Waals surface area contributed by atoms with Gasteiger partial charge in [0.25, 0.3) is 0 Å². The molecule has 0 amide bonds. The van der Waals surface area contributed by atoms with Gasteiger partial charge in [-0.2, -0.15) is 0 Å². The Morgan fingerprint density at radius 3 is 2.50 bits per heavy atom. The van der Waals surface area contributed by atoms with E-state index in [2.05, 4.69) is 36.2 Å². The van der Waals surface area contributed by atoms with Crippen molar-refractivity contribution in [2.45, 2.75) is 6.92 Å². The number of aromatic nitrogens is 1. The Morgan fingerprint density at radius 2 is 1.78 bits per heavy atom. The summed E-state index contributed by atoms with van der Waals surface area (Å²) in [5, 5.41) is 1.19. The average molecular weight is 237 g/mol. The van der Waals surface area contributed by atoms with Gasteiger partial charge in [-0.1, -0.05) is 30.3 Å². The van der Waals surface area contributed by atoms with Gasteiger partial charge in [0.15, 0.2) is 0 Å². The van der Waals surface area contributed by atoms with E-state index in [1.807, 2.05) is 24.3 Å². The van der Waals surface area contributed by atoms with Crippen molar-refractivity contribution < 1.29 is 4.74 Å². The van der Waals surface area contributed by atoms with E-state index in [4.69, 9.17) is 4.74 Å². The van der Waals surface area contributed by atoms with Crippen LogP contribution in [0.5, 0.6) is 5.75 Å². The highest BCUT2D eigenvalue weighted by Gasteiger charge is 2.06. The maximum Gasteiger partial charge on any atom is 0.119 e. The third kappa shape index (κ3) is 1.76. The van der Waals surface area contributed by atoms with Crippen LogP contribution in [0.1, 0.15) is 5.56 Å². The van der Waals surface area contributed by atoms with E-state index in [0.29, 0.717) is 0 Å². The van der Waals surface area contributed by atoms with Crippen molar-refractivity contribution in [3.8, 4) is 17.0 Å². The Labute approximate surface area is 106 Å². The maximum absolute atomic E-state index is 5.30. The SMILES string of the molecule is COc1cc(C)c2[nH]c(-c3ccccc3)cc2c1. The summed E-state index contributed by atoms with van der Waals surface area (Å²) in [5.41, 5.74) is 4.72. The molecule has 1 aromatic heterocycles. The van der Waals surface area contributed by atoms with Crippen LogP contribution in [0.3, 0.4) is 0 Å². The fourth-order valence-corrected chi connectivity index (χ4v) is 2.28. The molecule has 0 bridgehead atoms. The van der Waals surface area contributed by atoms with Crippen molar-refractivity contribution in [1.82, 2.24) is 4.98 Å². The molecule has 1 heterocycles. The molecule has 0 fully saturated rings. The molecule has 0 saturated heterocycles. The molecular weight excluding hydrogens is 222 g/mol. The van der Waals surface area contributed by atoms with E-state index in [0.717, 1.165) is 11.4 Å². The van der Waals surface area contributed by atoms with E-state index in [1.54, 1.807) is 7.11 Å². The zero-order chi connectivity index (χ0) is 12.5. The molecule has 3 aromatic rings. The molecule has 0 unspecified atom stereocenters. The molecule has 0 aliphatic rings. The summed E-state index contributed by atoms with van der Waals surface area (Å²) in [5.74, 6) is 0.901.